The molecule has 0 unspecified atom stereocenters. The minimum atomic E-state index is 0.659. The standard InChI is InChI=1S/C23H31N3O2/c1-17-4-6-20(7-5-17)26-15-19-13-18(14-25-9-11-27-12-10-25)21-3-2-8-24-22(21)23(19)28-16-26/h2-3,8,13,17,20H,4-7,9-12,14-16H2,1H3. The molecule has 1 aromatic carbocycles. The fourth-order valence-electron chi connectivity index (χ4n) is 5.01. The van der Waals surface area contributed by atoms with Crippen molar-refractivity contribution in [1.82, 2.24) is 14.8 Å². The van der Waals surface area contributed by atoms with E-state index in [0.29, 0.717) is 12.8 Å². The molecule has 5 nitrogen and oxygen atoms in total. The summed E-state index contributed by atoms with van der Waals surface area (Å²) in [5.74, 6) is 1.88. The Balaban J connectivity index is 1.44. The van der Waals surface area contributed by atoms with Crippen molar-refractivity contribution in [2.45, 2.75) is 51.7 Å². The minimum absolute atomic E-state index is 0.659. The maximum absolute atomic E-state index is 6.30. The molecule has 3 aliphatic rings. The molecule has 5 heteroatoms. The molecular weight excluding hydrogens is 350 g/mol. The predicted octanol–water partition coefficient (Wildman–Crippen LogP) is 3.80. The fraction of sp³-hybridized carbons (Fsp3) is 0.609. The van der Waals surface area contributed by atoms with Crippen LogP contribution in [0.2, 0.25) is 0 Å². The molecular formula is C23H31N3O2. The van der Waals surface area contributed by atoms with Gasteiger partial charge in [0.15, 0.2) is 5.75 Å². The van der Waals surface area contributed by atoms with Crippen LogP contribution < -0.4 is 4.74 Å². The molecule has 0 spiro atoms. The highest BCUT2D eigenvalue weighted by Gasteiger charge is 2.29. The minimum Gasteiger partial charge on any atom is -0.475 e. The molecule has 2 aromatic rings. The van der Waals surface area contributed by atoms with E-state index < -0.39 is 0 Å². The summed E-state index contributed by atoms with van der Waals surface area (Å²) in [4.78, 5) is 9.74. The van der Waals surface area contributed by atoms with Crippen LogP contribution in [-0.4, -0.2) is 53.9 Å². The molecule has 150 valence electrons. The van der Waals surface area contributed by atoms with Gasteiger partial charge < -0.3 is 9.47 Å². The van der Waals surface area contributed by atoms with Crippen LogP contribution >= 0.6 is 0 Å². The van der Waals surface area contributed by atoms with Crippen molar-refractivity contribution in [2.75, 3.05) is 33.0 Å². The first-order chi connectivity index (χ1) is 13.8. The van der Waals surface area contributed by atoms with Gasteiger partial charge in [0, 0.05) is 49.4 Å². The van der Waals surface area contributed by atoms with Crippen molar-refractivity contribution >= 4 is 10.9 Å². The lowest BCUT2D eigenvalue weighted by Crippen LogP contribution is -2.42. The molecule has 28 heavy (non-hydrogen) atoms. The first-order valence-corrected chi connectivity index (χ1v) is 10.8. The molecule has 2 aliphatic heterocycles. The summed E-state index contributed by atoms with van der Waals surface area (Å²) >= 11 is 0. The van der Waals surface area contributed by atoms with Gasteiger partial charge in [-0.3, -0.25) is 14.8 Å². The first kappa shape index (κ1) is 18.3. The SMILES string of the molecule is CC1CCC(N2COc3c(cc(CN4CCOCC4)c4cccnc34)C2)CC1. The van der Waals surface area contributed by atoms with Gasteiger partial charge >= 0.3 is 0 Å². The van der Waals surface area contributed by atoms with E-state index in [9.17, 15) is 0 Å². The molecule has 5 rings (SSSR count). The Morgan fingerprint density at radius 2 is 1.96 bits per heavy atom. The second-order valence-electron chi connectivity index (χ2n) is 8.75. The number of aromatic nitrogens is 1. The molecule has 3 heterocycles. The van der Waals surface area contributed by atoms with E-state index in [1.54, 1.807) is 0 Å². The van der Waals surface area contributed by atoms with E-state index in [4.69, 9.17) is 14.5 Å². The van der Waals surface area contributed by atoms with E-state index in [1.807, 2.05) is 12.3 Å². The second-order valence-corrected chi connectivity index (χ2v) is 8.75. The van der Waals surface area contributed by atoms with Crippen LogP contribution in [0, 0.1) is 5.92 Å². The summed E-state index contributed by atoms with van der Waals surface area (Å²) in [6, 6.07) is 7.27. The lowest BCUT2D eigenvalue weighted by atomic mass is 9.86. The molecule has 1 saturated heterocycles. The van der Waals surface area contributed by atoms with Crippen molar-refractivity contribution in [2.24, 2.45) is 5.92 Å². The Bertz CT molecular complexity index is 826. The smallest absolute Gasteiger partial charge is 0.152 e. The number of fused-ring (bicyclic) bond motifs is 3. The number of hydrogen-bond donors (Lipinski definition) is 0. The average molecular weight is 382 g/mol. The predicted molar refractivity (Wildman–Crippen MR) is 110 cm³/mol. The van der Waals surface area contributed by atoms with Gasteiger partial charge in [-0.15, -0.1) is 0 Å². The molecule has 0 N–H and O–H groups in total. The number of ether oxygens (including phenoxy) is 2. The van der Waals surface area contributed by atoms with Crippen molar-refractivity contribution in [3.63, 3.8) is 0 Å². The lowest BCUT2D eigenvalue weighted by Gasteiger charge is -2.39. The van der Waals surface area contributed by atoms with Crippen LogP contribution in [-0.2, 0) is 17.8 Å². The van der Waals surface area contributed by atoms with E-state index in [-0.39, 0.29) is 0 Å². The molecule has 1 aliphatic carbocycles. The molecule has 0 bridgehead atoms. The summed E-state index contributed by atoms with van der Waals surface area (Å²) in [6.07, 6.45) is 7.17. The van der Waals surface area contributed by atoms with E-state index in [2.05, 4.69) is 28.9 Å². The number of benzene rings is 1. The zero-order chi connectivity index (χ0) is 18.9. The molecule has 2 fully saturated rings. The van der Waals surface area contributed by atoms with Crippen molar-refractivity contribution in [3.8, 4) is 5.75 Å². The summed E-state index contributed by atoms with van der Waals surface area (Å²) in [5.41, 5.74) is 3.70. The monoisotopic (exact) mass is 381 g/mol. The quantitative estimate of drug-likeness (QED) is 0.809. The molecule has 1 saturated carbocycles. The van der Waals surface area contributed by atoms with Crippen molar-refractivity contribution < 1.29 is 9.47 Å². The van der Waals surface area contributed by atoms with Gasteiger partial charge in [0.25, 0.3) is 0 Å². The maximum atomic E-state index is 6.30. The first-order valence-electron chi connectivity index (χ1n) is 10.8. The Hall–Kier alpha value is -1.69. The van der Waals surface area contributed by atoms with Crippen molar-refractivity contribution in [1.29, 1.82) is 0 Å². The Morgan fingerprint density at radius 3 is 2.79 bits per heavy atom. The fourth-order valence-corrected chi connectivity index (χ4v) is 5.01. The molecule has 1 aromatic heterocycles. The van der Waals surface area contributed by atoms with Gasteiger partial charge in [-0.2, -0.15) is 0 Å². The average Bonchev–Trinajstić information content (AvgIpc) is 2.75. The van der Waals surface area contributed by atoms with E-state index >= 15 is 0 Å². The van der Waals surface area contributed by atoms with E-state index in [0.717, 1.165) is 56.6 Å². The molecule has 0 atom stereocenters. The third-order valence-corrected chi connectivity index (χ3v) is 6.76. The largest absolute Gasteiger partial charge is 0.475 e. The molecule has 0 amide bonds. The number of pyridine rings is 1. The van der Waals surface area contributed by atoms with Crippen LogP contribution in [0.15, 0.2) is 24.4 Å². The Kier molecular flexibility index (Phi) is 5.22. The van der Waals surface area contributed by atoms with Crippen LogP contribution in [0.25, 0.3) is 10.9 Å². The van der Waals surface area contributed by atoms with Crippen LogP contribution in [0.3, 0.4) is 0 Å². The maximum Gasteiger partial charge on any atom is 0.152 e. The Morgan fingerprint density at radius 1 is 1.14 bits per heavy atom. The zero-order valence-electron chi connectivity index (χ0n) is 16.9. The number of hydrogen-bond acceptors (Lipinski definition) is 5. The summed E-state index contributed by atoms with van der Waals surface area (Å²) in [7, 11) is 0. The van der Waals surface area contributed by atoms with Gasteiger partial charge in [0.2, 0.25) is 0 Å². The summed E-state index contributed by atoms with van der Waals surface area (Å²) in [6.45, 7) is 8.69. The zero-order valence-corrected chi connectivity index (χ0v) is 16.9. The third-order valence-electron chi connectivity index (χ3n) is 6.76. The summed E-state index contributed by atoms with van der Waals surface area (Å²) in [5, 5.41) is 1.23. The highest BCUT2D eigenvalue weighted by Crippen LogP contribution is 2.37. The van der Waals surface area contributed by atoms with Gasteiger partial charge in [-0.25, -0.2) is 0 Å². The number of nitrogens with zero attached hydrogens (tertiary/aromatic N) is 3. The van der Waals surface area contributed by atoms with Crippen LogP contribution in [0.5, 0.6) is 5.75 Å². The second kappa shape index (κ2) is 7.97. The molecule has 0 radical (unpaired) electrons. The van der Waals surface area contributed by atoms with E-state index in [1.165, 1.54) is 42.2 Å². The summed E-state index contributed by atoms with van der Waals surface area (Å²) < 4.78 is 11.8. The normalized spacial score (nSPS) is 26.8. The van der Waals surface area contributed by atoms with Gasteiger partial charge in [-0.1, -0.05) is 13.0 Å². The number of rotatable bonds is 3. The highest BCUT2D eigenvalue weighted by molar-refractivity contribution is 5.89. The Labute approximate surface area is 167 Å². The topological polar surface area (TPSA) is 37.8 Å². The van der Waals surface area contributed by atoms with Crippen LogP contribution in [0.4, 0.5) is 0 Å². The highest BCUT2D eigenvalue weighted by atomic mass is 16.5. The number of morpholine rings is 1. The van der Waals surface area contributed by atoms with Gasteiger partial charge in [-0.05, 0) is 49.3 Å². The van der Waals surface area contributed by atoms with Crippen molar-refractivity contribution in [3.05, 3.63) is 35.5 Å². The van der Waals surface area contributed by atoms with Gasteiger partial charge in [0.1, 0.15) is 12.2 Å². The van der Waals surface area contributed by atoms with Gasteiger partial charge in [0.05, 0.1) is 13.2 Å². The van der Waals surface area contributed by atoms with Crippen LogP contribution in [0.1, 0.15) is 43.7 Å². The third kappa shape index (κ3) is 3.63. The lowest BCUT2D eigenvalue weighted by molar-refractivity contribution is 0.0330.